The van der Waals surface area contributed by atoms with E-state index in [1.54, 1.807) is 78.9 Å². The van der Waals surface area contributed by atoms with Crippen molar-refractivity contribution in [3.63, 3.8) is 0 Å². The quantitative estimate of drug-likeness (QED) is 0.106. The van der Waals surface area contributed by atoms with Gasteiger partial charge in [0, 0.05) is 26.7 Å². The van der Waals surface area contributed by atoms with E-state index in [1.165, 1.54) is 11.8 Å². The van der Waals surface area contributed by atoms with E-state index >= 15 is 0 Å². The van der Waals surface area contributed by atoms with Crippen molar-refractivity contribution in [2.24, 2.45) is 0 Å². The third kappa shape index (κ3) is 9.13. The zero-order chi connectivity index (χ0) is 31.5. The van der Waals surface area contributed by atoms with Gasteiger partial charge in [-0.15, -0.1) is 11.8 Å². The van der Waals surface area contributed by atoms with Crippen LogP contribution in [0.5, 0.6) is 5.75 Å². The molecule has 0 saturated carbocycles. The van der Waals surface area contributed by atoms with E-state index < -0.39 is 17.1 Å². The summed E-state index contributed by atoms with van der Waals surface area (Å²) < 4.78 is 5.72. The van der Waals surface area contributed by atoms with Gasteiger partial charge in [-0.05, 0) is 74.0 Å². The summed E-state index contributed by atoms with van der Waals surface area (Å²) in [5.74, 6) is -0.581. The Morgan fingerprint density at radius 3 is 2.34 bits per heavy atom. The number of carbonyl (C=O) groups is 3. The third-order valence-corrected chi connectivity index (χ3v) is 8.18. The molecule has 226 valence electrons. The Labute approximate surface area is 271 Å². The van der Waals surface area contributed by atoms with Crippen LogP contribution >= 0.6 is 35.0 Å². The highest BCUT2D eigenvalue weighted by molar-refractivity contribution is 8.00. The van der Waals surface area contributed by atoms with Gasteiger partial charge in [0.25, 0.3) is 11.8 Å². The molecular weight excluding hydrogens is 617 g/mol. The molecule has 1 unspecified atom stereocenters. The van der Waals surface area contributed by atoms with Crippen molar-refractivity contribution in [1.29, 1.82) is 0 Å². The van der Waals surface area contributed by atoms with Crippen LogP contribution in [0.1, 0.15) is 36.2 Å². The number of hydrogen-bond acceptors (Lipinski definition) is 5. The highest BCUT2D eigenvalue weighted by atomic mass is 35.5. The normalized spacial score (nSPS) is 11.8. The molecule has 0 heterocycles. The molecule has 0 aliphatic heterocycles. The first-order chi connectivity index (χ1) is 21.3. The van der Waals surface area contributed by atoms with Crippen LogP contribution in [0.2, 0.25) is 10.0 Å². The van der Waals surface area contributed by atoms with E-state index in [2.05, 4.69) is 16.0 Å². The first-order valence-electron chi connectivity index (χ1n) is 13.9. The Balaban J connectivity index is 1.53. The molecule has 0 fully saturated rings. The molecule has 0 spiro atoms. The number of anilines is 2. The number of ether oxygens (including phenoxy) is 1. The van der Waals surface area contributed by atoms with Gasteiger partial charge >= 0.3 is 0 Å². The minimum Gasteiger partial charge on any atom is -0.493 e. The number of para-hydroxylation sites is 1. The average molecular weight is 649 g/mol. The molecule has 1 atom stereocenters. The van der Waals surface area contributed by atoms with Gasteiger partial charge < -0.3 is 20.7 Å². The second-order valence-corrected chi connectivity index (χ2v) is 11.6. The lowest BCUT2D eigenvalue weighted by atomic mass is 10.1. The van der Waals surface area contributed by atoms with Crippen LogP contribution in [0, 0.1) is 0 Å². The highest BCUT2D eigenvalue weighted by Crippen LogP contribution is 2.31. The van der Waals surface area contributed by atoms with Crippen molar-refractivity contribution in [1.82, 2.24) is 5.32 Å². The molecule has 7 nitrogen and oxygen atoms in total. The zero-order valence-electron chi connectivity index (χ0n) is 24.1. The number of thioether (sulfide) groups is 1. The molecule has 0 aliphatic rings. The minimum absolute atomic E-state index is 0.0368. The molecule has 0 aromatic heterocycles. The summed E-state index contributed by atoms with van der Waals surface area (Å²) in [6.07, 6.45) is 2.13. The molecule has 0 saturated heterocycles. The van der Waals surface area contributed by atoms with Crippen molar-refractivity contribution in [3.05, 3.63) is 124 Å². The van der Waals surface area contributed by atoms with Crippen LogP contribution in [-0.2, 0) is 9.59 Å². The van der Waals surface area contributed by atoms with Gasteiger partial charge in [0.15, 0.2) is 0 Å². The lowest BCUT2D eigenvalue weighted by molar-refractivity contribution is -0.116. The van der Waals surface area contributed by atoms with Gasteiger partial charge in [0.1, 0.15) is 11.4 Å². The average Bonchev–Trinajstić information content (AvgIpc) is 3.02. The molecule has 10 heteroatoms. The van der Waals surface area contributed by atoms with Gasteiger partial charge in [-0.25, -0.2) is 0 Å². The van der Waals surface area contributed by atoms with E-state index in [9.17, 15) is 14.4 Å². The summed E-state index contributed by atoms with van der Waals surface area (Å²) in [4.78, 5) is 40.4. The van der Waals surface area contributed by atoms with E-state index in [1.807, 2.05) is 38.1 Å². The Morgan fingerprint density at radius 1 is 0.864 bits per heavy atom. The van der Waals surface area contributed by atoms with Crippen molar-refractivity contribution >= 4 is 70.1 Å². The van der Waals surface area contributed by atoms with Crippen molar-refractivity contribution < 1.29 is 19.1 Å². The predicted molar refractivity (Wildman–Crippen MR) is 180 cm³/mol. The van der Waals surface area contributed by atoms with Gasteiger partial charge in [0.05, 0.1) is 22.6 Å². The van der Waals surface area contributed by atoms with E-state index in [4.69, 9.17) is 27.9 Å². The van der Waals surface area contributed by atoms with E-state index in [-0.39, 0.29) is 11.6 Å². The first kappa shape index (κ1) is 32.7. The highest BCUT2D eigenvalue weighted by Gasteiger charge is 2.20. The number of halogens is 2. The number of carbonyl (C=O) groups excluding carboxylic acids is 3. The molecule has 0 aliphatic carbocycles. The van der Waals surface area contributed by atoms with Crippen LogP contribution < -0.4 is 20.7 Å². The predicted octanol–water partition coefficient (Wildman–Crippen LogP) is 8.31. The topological polar surface area (TPSA) is 96.5 Å². The summed E-state index contributed by atoms with van der Waals surface area (Å²) >= 11 is 13.6. The smallest absolute Gasteiger partial charge is 0.272 e. The molecule has 0 radical (unpaired) electrons. The number of amides is 3. The van der Waals surface area contributed by atoms with Crippen LogP contribution in [0.25, 0.3) is 6.08 Å². The van der Waals surface area contributed by atoms with Crippen LogP contribution in [0.15, 0.2) is 108 Å². The maximum Gasteiger partial charge on any atom is 0.272 e. The lowest BCUT2D eigenvalue weighted by Gasteiger charge is -2.16. The SMILES string of the molecule is CCOc1ccccc1/C=C(/NC(=O)c1ccccc1)C(=O)Nc1cccc(SC(CC)C(=O)Nc2ccc(Cl)cc2Cl)c1. The molecule has 4 aromatic rings. The Kier molecular flexibility index (Phi) is 11.9. The van der Waals surface area contributed by atoms with Crippen molar-refractivity contribution in [3.8, 4) is 5.75 Å². The summed E-state index contributed by atoms with van der Waals surface area (Å²) in [6, 6.07) is 27.9. The Hall–Kier alpha value is -4.24. The van der Waals surface area contributed by atoms with E-state index in [0.29, 0.717) is 51.3 Å². The fraction of sp³-hybridized carbons (Fsp3) is 0.147. The molecule has 4 rings (SSSR count). The molecule has 44 heavy (non-hydrogen) atoms. The fourth-order valence-electron chi connectivity index (χ4n) is 4.12. The van der Waals surface area contributed by atoms with Gasteiger partial charge in [-0.2, -0.15) is 0 Å². The Bertz CT molecular complexity index is 1660. The second-order valence-electron chi connectivity index (χ2n) is 9.46. The third-order valence-electron chi connectivity index (χ3n) is 6.27. The van der Waals surface area contributed by atoms with Gasteiger partial charge in [0.2, 0.25) is 5.91 Å². The largest absolute Gasteiger partial charge is 0.493 e. The molecule has 0 bridgehead atoms. The van der Waals surface area contributed by atoms with Gasteiger partial charge in [-0.1, -0.05) is 72.6 Å². The lowest BCUT2D eigenvalue weighted by Crippen LogP contribution is -2.30. The maximum atomic E-state index is 13.6. The van der Waals surface area contributed by atoms with Crippen LogP contribution in [0.4, 0.5) is 11.4 Å². The minimum atomic E-state index is -0.523. The maximum absolute atomic E-state index is 13.6. The molecule has 3 N–H and O–H groups in total. The zero-order valence-corrected chi connectivity index (χ0v) is 26.4. The van der Waals surface area contributed by atoms with Gasteiger partial charge in [-0.3, -0.25) is 14.4 Å². The van der Waals surface area contributed by atoms with Crippen molar-refractivity contribution in [2.45, 2.75) is 30.4 Å². The standard InChI is InChI=1S/C34H31Cl2N3O4S/c1-3-31(34(42)38-28-18-17-24(35)20-27(28)36)44-26-15-10-14-25(21-26)37-33(41)29(39-32(40)22-11-6-5-7-12-22)19-23-13-8-9-16-30(23)43-4-2/h5-21,31H,3-4H2,1-2H3,(H,37,41)(H,38,42)(H,39,40)/b29-19+. The Morgan fingerprint density at radius 2 is 1.61 bits per heavy atom. The van der Waals surface area contributed by atoms with Crippen LogP contribution in [-0.4, -0.2) is 29.6 Å². The number of rotatable bonds is 12. The van der Waals surface area contributed by atoms with Crippen molar-refractivity contribution in [2.75, 3.05) is 17.2 Å². The van der Waals surface area contributed by atoms with Crippen LogP contribution in [0.3, 0.4) is 0 Å². The second kappa shape index (κ2) is 16.0. The summed E-state index contributed by atoms with van der Waals surface area (Å²) in [5, 5.41) is 8.89. The van der Waals surface area contributed by atoms with E-state index in [0.717, 1.165) is 4.90 Å². The fourth-order valence-corrected chi connectivity index (χ4v) is 5.59. The summed E-state index contributed by atoms with van der Waals surface area (Å²) in [5.41, 5.74) is 2.05. The number of benzene rings is 4. The number of nitrogens with one attached hydrogen (secondary N) is 3. The number of hydrogen-bond donors (Lipinski definition) is 3. The summed E-state index contributed by atoms with van der Waals surface area (Å²) in [7, 11) is 0. The molecule has 3 amide bonds. The first-order valence-corrected chi connectivity index (χ1v) is 15.5. The monoisotopic (exact) mass is 647 g/mol. The molecule has 4 aromatic carbocycles. The molecular formula is C34H31Cl2N3O4S. The summed E-state index contributed by atoms with van der Waals surface area (Å²) in [6.45, 7) is 4.23.